The van der Waals surface area contributed by atoms with Crippen molar-refractivity contribution in [1.29, 1.82) is 0 Å². The minimum atomic E-state index is -0.246. The van der Waals surface area contributed by atoms with Crippen LogP contribution >= 0.6 is 0 Å². The SMILES string of the molecule is CCOc1ccc(NCC(=O)N/N=C/c2c(OC)ccc3ccccc23)cc1. The fraction of sp³-hybridized carbons (Fsp3) is 0.182. The first kappa shape index (κ1) is 19.2. The summed E-state index contributed by atoms with van der Waals surface area (Å²) in [5.74, 6) is 1.25. The first-order valence-electron chi connectivity index (χ1n) is 9.05. The van der Waals surface area contributed by atoms with Crippen LogP contribution < -0.4 is 20.2 Å². The van der Waals surface area contributed by atoms with Crippen LogP contribution in [-0.2, 0) is 4.79 Å². The molecule has 0 fully saturated rings. The number of hydrogen-bond donors (Lipinski definition) is 2. The van der Waals surface area contributed by atoms with Gasteiger partial charge in [-0.3, -0.25) is 4.79 Å². The number of ether oxygens (including phenoxy) is 2. The molecule has 0 aliphatic carbocycles. The summed E-state index contributed by atoms with van der Waals surface area (Å²) in [6, 6.07) is 19.3. The number of hydrazone groups is 1. The van der Waals surface area contributed by atoms with Gasteiger partial charge in [0.1, 0.15) is 11.5 Å². The van der Waals surface area contributed by atoms with E-state index in [2.05, 4.69) is 15.8 Å². The summed E-state index contributed by atoms with van der Waals surface area (Å²) in [6.45, 7) is 2.66. The molecule has 0 atom stereocenters. The summed E-state index contributed by atoms with van der Waals surface area (Å²) in [5.41, 5.74) is 4.19. The Morgan fingerprint density at radius 3 is 2.61 bits per heavy atom. The lowest BCUT2D eigenvalue weighted by Gasteiger charge is -2.09. The van der Waals surface area contributed by atoms with Crippen molar-refractivity contribution in [3.8, 4) is 11.5 Å². The van der Waals surface area contributed by atoms with Crippen LogP contribution in [0.4, 0.5) is 5.69 Å². The van der Waals surface area contributed by atoms with Crippen molar-refractivity contribution in [3.63, 3.8) is 0 Å². The first-order chi connectivity index (χ1) is 13.7. The second kappa shape index (κ2) is 9.41. The summed E-state index contributed by atoms with van der Waals surface area (Å²) >= 11 is 0. The van der Waals surface area contributed by atoms with Crippen LogP contribution in [0.5, 0.6) is 11.5 Å². The van der Waals surface area contributed by atoms with Gasteiger partial charge in [-0.2, -0.15) is 5.10 Å². The lowest BCUT2D eigenvalue weighted by atomic mass is 10.0. The maximum absolute atomic E-state index is 12.1. The summed E-state index contributed by atoms with van der Waals surface area (Å²) in [4.78, 5) is 12.1. The predicted octanol–water partition coefficient (Wildman–Crippen LogP) is 3.81. The molecule has 0 unspecified atom stereocenters. The Bertz CT molecular complexity index is 968. The molecule has 3 aromatic carbocycles. The van der Waals surface area contributed by atoms with Crippen LogP contribution in [0.3, 0.4) is 0 Å². The van der Waals surface area contributed by atoms with E-state index in [0.717, 1.165) is 27.8 Å². The van der Waals surface area contributed by atoms with Gasteiger partial charge in [0.15, 0.2) is 0 Å². The maximum atomic E-state index is 12.1. The second-order valence-corrected chi connectivity index (χ2v) is 6.01. The van der Waals surface area contributed by atoms with Crippen molar-refractivity contribution in [2.24, 2.45) is 5.10 Å². The number of fused-ring (bicyclic) bond motifs is 1. The number of hydrogen-bond acceptors (Lipinski definition) is 5. The van der Waals surface area contributed by atoms with E-state index in [1.165, 1.54) is 0 Å². The third-order valence-corrected chi connectivity index (χ3v) is 4.15. The van der Waals surface area contributed by atoms with Gasteiger partial charge in [0, 0.05) is 11.3 Å². The molecule has 0 spiro atoms. The van der Waals surface area contributed by atoms with Crippen molar-refractivity contribution in [2.45, 2.75) is 6.92 Å². The lowest BCUT2D eigenvalue weighted by molar-refractivity contribution is -0.119. The number of rotatable bonds is 8. The molecular formula is C22H23N3O3. The number of carbonyl (C=O) groups is 1. The Labute approximate surface area is 164 Å². The predicted molar refractivity (Wildman–Crippen MR) is 112 cm³/mol. The van der Waals surface area contributed by atoms with Crippen molar-refractivity contribution in [3.05, 3.63) is 66.2 Å². The molecule has 0 saturated heterocycles. The fourth-order valence-electron chi connectivity index (χ4n) is 2.81. The van der Waals surface area contributed by atoms with Crippen LogP contribution in [-0.4, -0.2) is 32.4 Å². The quantitative estimate of drug-likeness (QED) is 0.463. The Morgan fingerprint density at radius 2 is 1.86 bits per heavy atom. The molecule has 0 aliphatic heterocycles. The number of benzene rings is 3. The van der Waals surface area contributed by atoms with Gasteiger partial charge in [0.2, 0.25) is 0 Å². The highest BCUT2D eigenvalue weighted by Crippen LogP contribution is 2.26. The van der Waals surface area contributed by atoms with E-state index in [-0.39, 0.29) is 12.5 Å². The molecular weight excluding hydrogens is 354 g/mol. The number of amides is 1. The topological polar surface area (TPSA) is 72.0 Å². The molecule has 28 heavy (non-hydrogen) atoms. The highest BCUT2D eigenvalue weighted by Gasteiger charge is 2.06. The zero-order chi connectivity index (χ0) is 19.8. The number of methoxy groups -OCH3 is 1. The highest BCUT2D eigenvalue weighted by atomic mass is 16.5. The Morgan fingerprint density at radius 1 is 1.07 bits per heavy atom. The van der Waals surface area contributed by atoms with Gasteiger partial charge in [-0.25, -0.2) is 5.43 Å². The van der Waals surface area contributed by atoms with E-state index in [1.807, 2.05) is 67.6 Å². The third-order valence-electron chi connectivity index (χ3n) is 4.15. The second-order valence-electron chi connectivity index (χ2n) is 6.01. The Balaban J connectivity index is 1.60. The maximum Gasteiger partial charge on any atom is 0.259 e. The van der Waals surface area contributed by atoms with E-state index >= 15 is 0 Å². The van der Waals surface area contributed by atoms with Crippen LogP contribution in [0.25, 0.3) is 10.8 Å². The molecule has 6 nitrogen and oxygen atoms in total. The molecule has 0 bridgehead atoms. The molecule has 0 saturated carbocycles. The van der Waals surface area contributed by atoms with Crippen molar-refractivity contribution < 1.29 is 14.3 Å². The average Bonchev–Trinajstić information content (AvgIpc) is 2.73. The molecule has 0 aromatic heterocycles. The van der Waals surface area contributed by atoms with Gasteiger partial charge in [0.25, 0.3) is 5.91 Å². The number of nitrogens with one attached hydrogen (secondary N) is 2. The Hall–Kier alpha value is -3.54. The number of anilines is 1. The van der Waals surface area contributed by atoms with Gasteiger partial charge in [-0.15, -0.1) is 0 Å². The summed E-state index contributed by atoms with van der Waals surface area (Å²) in [6.07, 6.45) is 1.61. The molecule has 6 heteroatoms. The van der Waals surface area contributed by atoms with E-state index < -0.39 is 0 Å². The van der Waals surface area contributed by atoms with Gasteiger partial charge in [-0.1, -0.05) is 30.3 Å². The van der Waals surface area contributed by atoms with Crippen molar-refractivity contribution >= 4 is 28.6 Å². The summed E-state index contributed by atoms with van der Waals surface area (Å²) in [5, 5.41) is 9.22. The molecule has 0 aliphatic rings. The number of carbonyl (C=O) groups excluding carboxylic acids is 1. The van der Waals surface area contributed by atoms with E-state index in [9.17, 15) is 4.79 Å². The van der Waals surface area contributed by atoms with Crippen LogP contribution in [0, 0.1) is 0 Å². The van der Waals surface area contributed by atoms with Crippen LogP contribution in [0.1, 0.15) is 12.5 Å². The minimum Gasteiger partial charge on any atom is -0.496 e. The normalized spacial score (nSPS) is 10.8. The molecule has 3 aromatic rings. The van der Waals surface area contributed by atoms with Crippen LogP contribution in [0.15, 0.2) is 65.8 Å². The van der Waals surface area contributed by atoms with Gasteiger partial charge < -0.3 is 14.8 Å². The highest BCUT2D eigenvalue weighted by molar-refractivity contribution is 6.02. The summed E-state index contributed by atoms with van der Waals surface area (Å²) in [7, 11) is 1.61. The molecule has 2 N–H and O–H groups in total. The molecule has 1 amide bonds. The van der Waals surface area contributed by atoms with E-state index in [0.29, 0.717) is 12.4 Å². The zero-order valence-electron chi connectivity index (χ0n) is 15.9. The summed E-state index contributed by atoms with van der Waals surface area (Å²) < 4.78 is 10.8. The molecule has 144 valence electrons. The van der Waals surface area contributed by atoms with E-state index in [4.69, 9.17) is 9.47 Å². The molecule has 0 heterocycles. The zero-order valence-corrected chi connectivity index (χ0v) is 15.9. The standard InChI is InChI=1S/C22H23N3O3/c1-3-28-18-11-9-17(10-12-18)23-15-22(26)25-24-14-20-19-7-5-4-6-16(19)8-13-21(20)27-2/h4-14,23H,3,15H2,1-2H3,(H,25,26)/b24-14+. The van der Waals surface area contributed by atoms with Gasteiger partial charge in [-0.05, 0) is 48.0 Å². The van der Waals surface area contributed by atoms with Gasteiger partial charge in [0.05, 0.1) is 26.5 Å². The van der Waals surface area contributed by atoms with E-state index in [1.54, 1.807) is 13.3 Å². The lowest BCUT2D eigenvalue weighted by Crippen LogP contribution is -2.25. The third kappa shape index (κ3) is 4.79. The van der Waals surface area contributed by atoms with Crippen molar-refractivity contribution in [1.82, 2.24) is 5.43 Å². The number of nitrogens with zero attached hydrogens (tertiary/aromatic N) is 1. The average molecular weight is 377 g/mol. The first-order valence-corrected chi connectivity index (χ1v) is 9.05. The Kier molecular flexibility index (Phi) is 6.46. The smallest absolute Gasteiger partial charge is 0.259 e. The minimum absolute atomic E-state index is 0.109. The molecule has 3 rings (SSSR count). The largest absolute Gasteiger partial charge is 0.496 e. The molecule has 0 radical (unpaired) electrons. The van der Waals surface area contributed by atoms with Gasteiger partial charge >= 0.3 is 0 Å². The van der Waals surface area contributed by atoms with Crippen molar-refractivity contribution in [2.75, 3.05) is 25.6 Å². The monoisotopic (exact) mass is 377 g/mol. The van der Waals surface area contributed by atoms with Crippen LogP contribution in [0.2, 0.25) is 0 Å². The fourth-order valence-corrected chi connectivity index (χ4v) is 2.81.